The summed E-state index contributed by atoms with van der Waals surface area (Å²) >= 11 is 0. The highest BCUT2D eigenvalue weighted by atomic mass is 19.4. The lowest BCUT2D eigenvalue weighted by atomic mass is 10.1. The molecule has 0 fully saturated rings. The first-order chi connectivity index (χ1) is 9.38. The van der Waals surface area contributed by atoms with E-state index < -0.39 is 18.0 Å². The smallest absolute Gasteiger partial charge is 0.346 e. The fourth-order valence-electron chi connectivity index (χ4n) is 1.63. The zero-order valence-corrected chi connectivity index (χ0v) is 11.4. The van der Waals surface area contributed by atoms with Gasteiger partial charge in [0.15, 0.2) is 5.78 Å². The highest BCUT2D eigenvalue weighted by Gasteiger charge is 2.30. The van der Waals surface area contributed by atoms with E-state index >= 15 is 0 Å². The Labute approximate surface area is 115 Å². The molecule has 0 heterocycles. The van der Waals surface area contributed by atoms with Gasteiger partial charge in [0.05, 0.1) is 5.56 Å². The molecule has 0 N–H and O–H groups in total. The van der Waals surface area contributed by atoms with Crippen molar-refractivity contribution in [2.24, 2.45) is 0 Å². The summed E-state index contributed by atoms with van der Waals surface area (Å²) in [6, 6.07) is 4.49. The summed E-state index contributed by atoms with van der Waals surface area (Å²) in [4.78, 5) is 11.9. The van der Waals surface area contributed by atoms with E-state index in [1.165, 1.54) is 12.1 Å². The highest BCUT2D eigenvalue weighted by Crippen LogP contribution is 2.29. The summed E-state index contributed by atoms with van der Waals surface area (Å²) in [6.07, 6.45) is -5.36. The number of rotatable bonds is 7. The molecule has 1 aromatic carbocycles. The van der Waals surface area contributed by atoms with Crippen molar-refractivity contribution in [1.29, 1.82) is 0 Å². The van der Waals surface area contributed by atoms with Crippen LogP contribution < -0.4 is 0 Å². The quantitative estimate of drug-likeness (QED) is 0.723. The zero-order valence-electron chi connectivity index (χ0n) is 11.4. The Kier molecular flexibility index (Phi) is 6.16. The van der Waals surface area contributed by atoms with Gasteiger partial charge in [0.25, 0.3) is 0 Å². The van der Waals surface area contributed by atoms with Crippen LogP contribution in [-0.4, -0.2) is 25.3 Å². The van der Waals surface area contributed by atoms with E-state index in [2.05, 4.69) is 0 Å². The van der Waals surface area contributed by atoms with Crippen LogP contribution in [0.2, 0.25) is 0 Å². The third-order valence-corrected chi connectivity index (χ3v) is 2.56. The van der Waals surface area contributed by atoms with E-state index in [-0.39, 0.29) is 12.2 Å². The molecule has 6 heteroatoms. The molecule has 0 amide bonds. The van der Waals surface area contributed by atoms with Crippen molar-refractivity contribution in [3.05, 3.63) is 35.4 Å². The van der Waals surface area contributed by atoms with Crippen molar-refractivity contribution in [2.45, 2.75) is 32.7 Å². The second-order valence-corrected chi connectivity index (χ2v) is 4.08. The minimum absolute atomic E-state index is 0.0250. The van der Waals surface area contributed by atoms with Crippen LogP contribution >= 0.6 is 0 Å². The second-order valence-electron chi connectivity index (χ2n) is 4.08. The van der Waals surface area contributed by atoms with E-state index in [0.717, 1.165) is 12.1 Å². The summed E-state index contributed by atoms with van der Waals surface area (Å²) in [7, 11) is 0. The molecule has 112 valence electrons. The maximum atomic E-state index is 12.4. The SMILES string of the molecule is CCOC(OCC)C(=O)Cc1ccc(C(F)(F)F)cc1. The summed E-state index contributed by atoms with van der Waals surface area (Å²) in [5.74, 6) is -0.312. The molecular weight excluding hydrogens is 273 g/mol. The van der Waals surface area contributed by atoms with Crippen LogP contribution in [0, 0.1) is 0 Å². The number of hydrogen-bond donors (Lipinski definition) is 0. The molecule has 0 aliphatic rings. The van der Waals surface area contributed by atoms with Crippen molar-refractivity contribution in [3.63, 3.8) is 0 Å². The van der Waals surface area contributed by atoms with E-state index in [1.54, 1.807) is 13.8 Å². The van der Waals surface area contributed by atoms with Gasteiger partial charge in [-0.3, -0.25) is 4.79 Å². The molecule has 0 unspecified atom stereocenters. The van der Waals surface area contributed by atoms with Gasteiger partial charge < -0.3 is 9.47 Å². The predicted molar refractivity (Wildman–Crippen MR) is 67.2 cm³/mol. The number of alkyl halides is 3. The average Bonchev–Trinajstić information content (AvgIpc) is 2.38. The van der Waals surface area contributed by atoms with Crippen LogP contribution in [0.4, 0.5) is 13.2 Å². The van der Waals surface area contributed by atoms with Crippen molar-refractivity contribution in [2.75, 3.05) is 13.2 Å². The highest BCUT2D eigenvalue weighted by molar-refractivity contribution is 5.84. The number of halogens is 3. The molecule has 0 radical (unpaired) electrons. The van der Waals surface area contributed by atoms with Gasteiger partial charge in [-0.05, 0) is 31.5 Å². The van der Waals surface area contributed by atoms with Crippen LogP contribution in [0.5, 0.6) is 0 Å². The Bertz CT molecular complexity index is 420. The van der Waals surface area contributed by atoms with Crippen molar-refractivity contribution < 1.29 is 27.4 Å². The number of ketones is 1. The lowest BCUT2D eigenvalue weighted by Crippen LogP contribution is -2.29. The predicted octanol–water partition coefficient (Wildman–Crippen LogP) is 3.22. The molecule has 0 bridgehead atoms. The van der Waals surface area contributed by atoms with Gasteiger partial charge in [0.1, 0.15) is 0 Å². The number of Topliss-reactive ketones (excluding diaryl/α,β-unsaturated/α-hetero) is 1. The number of hydrogen-bond acceptors (Lipinski definition) is 3. The first kappa shape index (κ1) is 16.7. The lowest BCUT2D eigenvalue weighted by molar-refractivity contribution is -0.167. The second kappa shape index (κ2) is 7.40. The Morgan fingerprint density at radius 2 is 1.60 bits per heavy atom. The number of ether oxygens (including phenoxy) is 2. The first-order valence-corrected chi connectivity index (χ1v) is 6.30. The Hall–Kier alpha value is -1.40. The summed E-state index contributed by atoms with van der Waals surface area (Å²) < 4.78 is 47.5. The third kappa shape index (κ3) is 4.94. The van der Waals surface area contributed by atoms with Crippen molar-refractivity contribution in [3.8, 4) is 0 Å². The molecule has 20 heavy (non-hydrogen) atoms. The number of carbonyl (C=O) groups is 1. The van der Waals surface area contributed by atoms with E-state index in [1.807, 2.05) is 0 Å². The van der Waals surface area contributed by atoms with Crippen LogP contribution in [0.1, 0.15) is 25.0 Å². The molecule has 0 spiro atoms. The van der Waals surface area contributed by atoms with Crippen molar-refractivity contribution >= 4 is 5.78 Å². The molecular formula is C14H17F3O3. The van der Waals surface area contributed by atoms with E-state index in [9.17, 15) is 18.0 Å². The maximum Gasteiger partial charge on any atom is 0.416 e. The largest absolute Gasteiger partial charge is 0.416 e. The van der Waals surface area contributed by atoms with Gasteiger partial charge in [-0.15, -0.1) is 0 Å². The minimum atomic E-state index is -4.37. The standard InChI is InChI=1S/C14H17F3O3/c1-3-19-13(20-4-2)12(18)9-10-5-7-11(8-6-10)14(15,16)17/h5-8,13H,3-4,9H2,1-2H3. The van der Waals surface area contributed by atoms with Crippen LogP contribution in [0.15, 0.2) is 24.3 Å². The van der Waals surface area contributed by atoms with Gasteiger partial charge in [-0.2, -0.15) is 13.2 Å². The average molecular weight is 290 g/mol. The molecule has 0 saturated heterocycles. The normalized spacial score (nSPS) is 11.9. The fourth-order valence-corrected chi connectivity index (χ4v) is 1.63. The molecule has 0 aromatic heterocycles. The topological polar surface area (TPSA) is 35.5 Å². The van der Waals surface area contributed by atoms with Gasteiger partial charge in [0, 0.05) is 19.6 Å². The molecule has 0 aliphatic carbocycles. The van der Waals surface area contributed by atoms with Crippen LogP contribution in [0.3, 0.4) is 0 Å². The zero-order chi connectivity index (χ0) is 15.2. The van der Waals surface area contributed by atoms with Gasteiger partial charge >= 0.3 is 6.18 Å². The molecule has 3 nitrogen and oxygen atoms in total. The Morgan fingerprint density at radius 3 is 2.00 bits per heavy atom. The molecule has 0 saturated carbocycles. The molecule has 1 rings (SSSR count). The van der Waals surface area contributed by atoms with Gasteiger partial charge in [0.2, 0.25) is 6.29 Å². The lowest BCUT2D eigenvalue weighted by Gasteiger charge is -2.15. The summed E-state index contributed by atoms with van der Waals surface area (Å²) in [5.41, 5.74) is -0.243. The molecule has 0 aliphatic heterocycles. The molecule has 0 atom stereocenters. The number of benzene rings is 1. The van der Waals surface area contributed by atoms with Crippen LogP contribution in [0.25, 0.3) is 0 Å². The van der Waals surface area contributed by atoms with E-state index in [0.29, 0.717) is 18.8 Å². The van der Waals surface area contributed by atoms with Gasteiger partial charge in [-0.1, -0.05) is 12.1 Å². The minimum Gasteiger partial charge on any atom is -0.346 e. The third-order valence-electron chi connectivity index (χ3n) is 2.56. The van der Waals surface area contributed by atoms with E-state index in [4.69, 9.17) is 9.47 Å². The number of carbonyl (C=O) groups excluding carboxylic acids is 1. The fraction of sp³-hybridized carbons (Fsp3) is 0.500. The maximum absolute atomic E-state index is 12.4. The summed E-state index contributed by atoms with van der Waals surface area (Å²) in [5, 5.41) is 0. The Balaban J connectivity index is 2.70. The summed E-state index contributed by atoms with van der Waals surface area (Å²) in [6.45, 7) is 4.11. The van der Waals surface area contributed by atoms with Crippen molar-refractivity contribution in [1.82, 2.24) is 0 Å². The Morgan fingerprint density at radius 1 is 1.10 bits per heavy atom. The van der Waals surface area contributed by atoms with Gasteiger partial charge in [-0.25, -0.2) is 0 Å². The van der Waals surface area contributed by atoms with Crippen LogP contribution in [-0.2, 0) is 26.9 Å². The molecule has 1 aromatic rings. The first-order valence-electron chi connectivity index (χ1n) is 6.30. The monoisotopic (exact) mass is 290 g/mol.